The van der Waals surface area contributed by atoms with Crippen molar-refractivity contribution in [2.45, 2.75) is 4.90 Å². The molecule has 0 aliphatic carbocycles. The smallest absolute Gasteiger partial charge is 0.233 e. The van der Waals surface area contributed by atoms with Gasteiger partial charge in [0.25, 0.3) is 0 Å². The summed E-state index contributed by atoms with van der Waals surface area (Å²) in [5.41, 5.74) is 0. The van der Waals surface area contributed by atoms with Crippen molar-refractivity contribution in [3.8, 4) is 5.82 Å². The van der Waals surface area contributed by atoms with E-state index in [4.69, 9.17) is 0 Å². The number of amides is 1. The molecule has 1 fully saturated rings. The monoisotopic (exact) mass is 398 g/mol. The maximum atomic E-state index is 12.9. The van der Waals surface area contributed by atoms with Crippen LogP contribution in [0.2, 0.25) is 0 Å². The molecule has 0 radical (unpaired) electrons. The van der Waals surface area contributed by atoms with Gasteiger partial charge in [-0.1, -0.05) is 0 Å². The number of hydrogen-bond donors (Lipinski definition) is 0. The molecule has 1 amide bonds. The van der Waals surface area contributed by atoms with Crippen molar-refractivity contribution in [3.63, 3.8) is 0 Å². The summed E-state index contributed by atoms with van der Waals surface area (Å²) in [6.07, 6.45) is 5.19. The number of carbonyl (C=O) groups is 1. The van der Waals surface area contributed by atoms with Gasteiger partial charge in [-0.2, -0.15) is 0 Å². The molecule has 144 valence electrons. The Kier molecular flexibility index (Phi) is 5.52. The topological polar surface area (TPSA) is 67.2 Å². The number of aromatic nitrogens is 4. The van der Waals surface area contributed by atoms with E-state index in [2.05, 4.69) is 20.1 Å². The molecule has 0 unspecified atom stereocenters. The van der Waals surface area contributed by atoms with E-state index in [0.717, 1.165) is 10.7 Å². The molecule has 0 N–H and O–H groups in total. The molecule has 0 bridgehead atoms. The van der Waals surface area contributed by atoms with Crippen LogP contribution in [-0.2, 0) is 4.79 Å². The minimum atomic E-state index is -0.270. The van der Waals surface area contributed by atoms with E-state index in [1.165, 1.54) is 23.9 Å². The third kappa shape index (κ3) is 4.30. The molecule has 3 aromatic rings. The molecule has 0 saturated carbocycles. The van der Waals surface area contributed by atoms with Crippen molar-refractivity contribution in [2.24, 2.45) is 0 Å². The molecule has 2 aromatic heterocycles. The van der Waals surface area contributed by atoms with Crippen LogP contribution in [0.5, 0.6) is 0 Å². The average Bonchev–Trinajstić information content (AvgIpc) is 3.28. The molecule has 3 heterocycles. The van der Waals surface area contributed by atoms with Gasteiger partial charge in [-0.3, -0.25) is 9.36 Å². The summed E-state index contributed by atoms with van der Waals surface area (Å²) in [6, 6.07) is 10.0. The van der Waals surface area contributed by atoms with E-state index in [0.29, 0.717) is 37.7 Å². The van der Waals surface area contributed by atoms with Crippen molar-refractivity contribution >= 4 is 23.5 Å². The van der Waals surface area contributed by atoms with Gasteiger partial charge in [0.15, 0.2) is 11.6 Å². The Balaban J connectivity index is 1.28. The fourth-order valence-electron chi connectivity index (χ4n) is 2.97. The van der Waals surface area contributed by atoms with E-state index in [1.54, 1.807) is 29.2 Å². The van der Waals surface area contributed by atoms with Crippen LogP contribution < -0.4 is 4.90 Å². The number of carbonyl (C=O) groups excluding carboxylic acids is 1. The SMILES string of the molecule is O=C(CSc1ccc(F)cc1)N1CCN(c2ccc(-n3ccnc3)nn2)CC1. The summed E-state index contributed by atoms with van der Waals surface area (Å²) in [5.74, 6) is 1.69. The third-order valence-electron chi connectivity index (χ3n) is 4.54. The Bertz CT molecular complexity index is 909. The van der Waals surface area contributed by atoms with Crippen molar-refractivity contribution < 1.29 is 9.18 Å². The minimum absolute atomic E-state index is 0.0931. The van der Waals surface area contributed by atoms with Gasteiger partial charge in [-0.05, 0) is 36.4 Å². The zero-order chi connectivity index (χ0) is 19.3. The minimum Gasteiger partial charge on any atom is -0.352 e. The molecule has 28 heavy (non-hydrogen) atoms. The van der Waals surface area contributed by atoms with Gasteiger partial charge in [0, 0.05) is 43.5 Å². The maximum absolute atomic E-state index is 12.9. The molecular formula is C19H19FN6OS. The first-order valence-electron chi connectivity index (χ1n) is 8.92. The predicted octanol–water partition coefficient (Wildman–Crippen LogP) is 2.24. The second-order valence-corrected chi connectivity index (χ2v) is 7.38. The van der Waals surface area contributed by atoms with E-state index < -0.39 is 0 Å². The van der Waals surface area contributed by atoms with Gasteiger partial charge in [-0.25, -0.2) is 9.37 Å². The van der Waals surface area contributed by atoms with Gasteiger partial charge in [0.1, 0.15) is 12.1 Å². The summed E-state index contributed by atoms with van der Waals surface area (Å²) in [5, 5.41) is 8.54. The molecule has 0 atom stereocenters. The Morgan fingerprint density at radius 3 is 2.36 bits per heavy atom. The summed E-state index contributed by atoms with van der Waals surface area (Å²) < 4.78 is 14.7. The largest absolute Gasteiger partial charge is 0.352 e. The quantitative estimate of drug-likeness (QED) is 0.614. The second-order valence-electron chi connectivity index (χ2n) is 6.33. The zero-order valence-corrected chi connectivity index (χ0v) is 15.9. The molecule has 1 aliphatic rings. The molecule has 4 rings (SSSR count). The van der Waals surface area contributed by atoms with Crippen LogP contribution in [0, 0.1) is 5.82 Å². The molecule has 1 aliphatic heterocycles. The Hall–Kier alpha value is -2.94. The van der Waals surface area contributed by atoms with E-state index in [9.17, 15) is 9.18 Å². The molecular weight excluding hydrogens is 379 g/mol. The number of nitrogens with zero attached hydrogens (tertiary/aromatic N) is 6. The van der Waals surface area contributed by atoms with Crippen LogP contribution in [0.25, 0.3) is 5.82 Å². The van der Waals surface area contributed by atoms with Gasteiger partial charge >= 0.3 is 0 Å². The molecule has 7 nitrogen and oxygen atoms in total. The molecule has 0 spiro atoms. The fourth-order valence-corrected chi connectivity index (χ4v) is 3.77. The van der Waals surface area contributed by atoms with Crippen LogP contribution >= 0.6 is 11.8 Å². The Morgan fingerprint density at radius 2 is 1.71 bits per heavy atom. The number of anilines is 1. The third-order valence-corrected chi connectivity index (χ3v) is 5.53. The second kappa shape index (κ2) is 8.39. The number of piperazine rings is 1. The Labute approximate surface area is 166 Å². The standard InChI is InChI=1S/C19H19FN6OS/c20-15-1-3-16(4-2-15)28-13-19(27)25-11-9-24(10-12-25)17-5-6-18(23-22-17)26-8-7-21-14-26/h1-8,14H,9-13H2. The number of thioether (sulfide) groups is 1. The van der Waals surface area contributed by atoms with E-state index in [-0.39, 0.29) is 11.7 Å². The highest BCUT2D eigenvalue weighted by Crippen LogP contribution is 2.20. The van der Waals surface area contributed by atoms with Crippen LogP contribution in [-0.4, -0.2) is 62.5 Å². The number of benzene rings is 1. The van der Waals surface area contributed by atoms with E-state index in [1.807, 2.05) is 23.2 Å². The fraction of sp³-hybridized carbons (Fsp3) is 0.263. The lowest BCUT2D eigenvalue weighted by atomic mass is 10.3. The highest BCUT2D eigenvalue weighted by Gasteiger charge is 2.22. The Morgan fingerprint density at radius 1 is 1.00 bits per heavy atom. The number of hydrogen-bond acceptors (Lipinski definition) is 6. The number of halogens is 1. The van der Waals surface area contributed by atoms with Gasteiger partial charge in [-0.15, -0.1) is 22.0 Å². The van der Waals surface area contributed by atoms with Gasteiger partial charge in [0.05, 0.1) is 5.75 Å². The molecule has 9 heteroatoms. The molecule has 1 aromatic carbocycles. The average molecular weight is 398 g/mol. The number of rotatable bonds is 5. The number of imidazole rings is 1. The first kappa shape index (κ1) is 18.4. The summed E-state index contributed by atoms with van der Waals surface area (Å²) in [6.45, 7) is 2.72. The summed E-state index contributed by atoms with van der Waals surface area (Å²) in [7, 11) is 0. The van der Waals surface area contributed by atoms with Crippen molar-refractivity contribution in [1.29, 1.82) is 0 Å². The first-order chi connectivity index (χ1) is 13.7. The lowest BCUT2D eigenvalue weighted by Gasteiger charge is -2.35. The van der Waals surface area contributed by atoms with Crippen LogP contribution in [0.1, 0.15) is 0 Å². The van der Waals surface area contributed by atoms with Crippen molar-refractivity contribution in [2.75, 3.05) is 36.8 Å². The van der Waals surface area contributed by atoms with E-state index >= 15 is 0 Å². The first-order valence-corrected chi connectivity index (χ1v) is 9.91. The predicted molar refractivity (Wildman–Crippen MR) is 105 cm³/mol. The highest BCUT2D eigenvalue weighted by molar-refractivity contribution is 8.00. The summed E-state index contributed by atoms with van der Waals surface area (Å²) in [4.78, 5) is 21.3. The van der Waals surface area contributed by atoms with Crippen LogP contribution in [0.4, 0.5) is 10.2 Å². The molecule has 1 saturated heterocycles. The lowest BCUT2D eigenvalue weighted by Crippen LogP contribution is -2.49. The van der Waals surface area contributed by atoms with Gasteiger partial charge in [0.2, 0.25) is 5.91 Å². The highest BCUT2D eigenvalue weighted by atomic mass is 32.2. The lowest BCUT2D eigenvalue weighted by molar-refractivity contribution is -0.128. The van der Waals surface area contributed by atoms with Crippen LogP contribution in [0.3, 0.4) is 0 Å². The van der Waals surface area contributed by atoms with Gasteiger partial charge < -0.3 is 9.80 Å². The maximum Gasteiger partial charge on any atom is 0.233 e. The van der Waals surface area contributed by atoms with Crippen molar-refractivity contribution in [1.82, 2.24) is 24.6 Å². The summed E-state index contributed by atoms with van der Waals surface area (Å²) >= 11 is 1.43. The zero-order valence-electron chi connectivity index (χ0n) is 15.1. The van der Waals surface area contributed by atoms with Crippen molar-refractivity contribution in [3.05, 3.63) is 60.9 Å². The van der Waals surface area contributed by atoms with Crippen LogP contribution in [0.15, 0.2) is 60.0 Å². The normalized spacial score (nSPS) is 14.3.